The van der Waals surface area contributed by atoms with E-state index in [2.05, 4.69) is 28.9 Å². The van der Waals surface area contributed by atoms with Crippen molar-refractivity contribution in [2.45, 2.75) is 31.8 Å². The first-order chi connectivity index (χ1) is 21.5. The van der Waals surface area contributed by atoms with Crippen molar-refractivity contribution in [3.63, 3.8) is 0 Å². The van der Waals surface area contributed by atoms with Crippen LogP contribution in [-0.2, 0) is 10.3 Å². The Morgan fingerprint density at radius 1 is 0.867 bits per heavy atom. The molecule has 2 amide bonds. The molecule has 2 atom stereocenters. The van der Waals surface area contributed by atoms with Gasteiger partial charge in [-0.25, -0.2) is 0 Å². The van der Waals surface area contributed by atoms with Crippen LogP contribution in [-0.4, -0.2) is 92.9 Å². The summed E-state index contributed by atoms with van der Waals surface area (Å²) >= 11 is 0. The van der Waals surface area contributed by atoms with Crippen molar-refractivity contribution in [1.82, 2.24) is 14.1 Å². The predicted octanol–water partition coefficient (Wildman–Crippen LogP) is 4.44. The standard InChI is InChI=1S/C33H40N4O7S/c1-23(24-10-6-5-7-11-24)35-18-20-36(21-19-35)28-13-8-12-26-31(28)33(39)37(32(26)38)27(14-9-17-34(2)45(40,41)42)25-15-16-29(43-3)30(22-25)44-4/h5-8,10-13,15-16,22-23,27H,9,14,17-21H2,1-4H3,(H,40,41,42)/t23?,27-/m1/s1. The fraction of sp³-hybridized carbons (Fsp3) is 0.394. The van der Waals surface area contributed by atoms with Gasteiger partial charge in [0.05, 0.1) is 37.1 Å². The van der Waals surface area contributed by atoms with Gasteiger partial charge in [-0.05, 0) is 55.2 Å². The van der Waals surface area contributed by atoms with Crippen LogP contribution in [0.3, 0.4) is 0 Å². The molecule has 0 aromatic heterocycles. The quantitative estimate of drug-likeness (QED) is 0.227. The first-order valence-corrected chi connectivity index (χ1v) is 16.4. The number of imide groups is 1. The topological polar surface area (TPSA) is 120 Å². The molecule has 45 heavy (non-hydrogen) atoms. The Hall–Kier alpha value is -3.97. The zero-order valence-corrected chi connectivity index (χ0v) is 26.9. The van der Waals surface area contributed by atoms with Gasteiger partial charge in [-0.2, -0.15) is 12.7 Å². The maximum atomic E-state index is 14.2. The summed E-state index contributed by atoms with van der Waals surface area (Å²) in [4.78, 5) is 34.1. The van der Waals surface area contributed by atoms with E-state index in [9.17, 15) is 22.6 Å². The Balaban J connectivity index is 1.41. The second kappa shape index (κ2) is 13.6. The molecule has 2 heterocycles. The molecule has 0 radical (unpaired) electrons. The van der Waals surface area contributed by atoms with E-state index in [0.717, 1.165) is 23.1 Å². The Kier molecular flexibility index (Phi) is 9.78. The van der Waals surface area contributed by atoms with Crippen molar-refractivity contribution in [3.8, 4) is 11.5 Å². The number of hydrogen-bond donors (Lipinski definition) is 1. The Morgan fingerprint density at radius 2 is 1.56 bits per heavy atom. The molecule has 0 saturated carbocycles. The van der Waals surface area contributed by atoms with Crippen molar-refractivity contribution in [2.75, 3.05) is 58.9 Å². The van der Waals surface area contributed by atoms with E-state index in [-0.39, 0.29) is 25.4 Å². The summed E-state index contributed by atoms with van der Waals surface area (Å²) in [6, 6.07) is 20.5. The summed E-state index contributed by atoms with van der Waals surface area (Å²) in [5.41, 5.74) is 3.36. The number of nitrogens with zero attached hydrogens (tertiary/aromatic N) is 4. The molecule has 0 aliphatic carbocycles. The van der Waals surface area contributed by atoms with Crippen LogP contribution >= 0.6 is 0 Å². The van der Waals surface area contributed by atoms with Crippen LogP contribution in [0.15, 0.2) is 66.7 Å². The Labute approximate surface area is 264 Å². The van der Waals surface area contributed by atoms with Crippen LogP contribution in [0.4, 0.5) is 5.69 Å². The second-order valence-electron chi connectivity index (χ2n) is 11.4. The van der Waals surface area contributed by atoms with Gasteiger partial charge in [-0.3, -0.25) is 23.9 Å². The average molecular weight is 637 g/mol. The normalized spacial score (nSPS) is 17.0. The van der Waals surface area contributed by atoms with Crippen LogP contribution < -0.4 is 14.4 Å². The lowest BCUT2D eigenvalue weighted by atomic mass is 9.99. The third kappa shape index (κ3) is 6.69. The summed E-state index contributed by atoms with van der Waals surface area (Å²) < 4.78 is 44.3. The van der Waals surface area contributed by atoms with Gasteiger partial charge in [-0.15, -0.1) is 0 Å². The number of rotatable bonds is 12. The minimum Gasteiger partial charge on any atom is -0.493 e. The summed E-state index contributed by atoms with van der Waals surface area (Å²) in [5, 5.41) is 0. The molecule has 1 fully saturated rings. The third-order valence-corrected chi connectivity index (χ3v) is 9.83. The minimum atomic E-state index is -4.37. The van der Waals surface area contributed by atoms with Crippen molar-refractivity contribution in [1.29, 1.82) is 0 Å². The molecule has 5 rings (SSSR count). The van der Waals surface area contributed by atoms with Crippen molar-refractivity contribution >= 4 is 27.8 Å². The highest BCUT2D eigenvalue weighted by Crippen LogP contribution is 2.40. The van der Waals surface area contributed by atoms with E-state index in [4.69, 9.17) is 9.47 Å². The Morgan fingerprint density at radius 3 is 2.20 bits per heavy atom. The fourth-order valence-electron chi connectivity index (χ4n) is 6.25. The number of ether oxygens (including phenoxy) is 2. The molecule has 0 spiro atoms. The van der Waals surface area contributed by atoms with Gasteiger partial charge in [0, 0.05) is 45.8 Å². The van der Waals surface area contributed by atoms with E-state index in [0.29, 0.717) is 41.3 Å². The largest absolute Gasteiger partial charge is 0.493 e. The van der Waals surface area contributed by atoms with Crippen LogP contribution in [0.1, 0.15) is 63.7 Å². The number of hydrogen-bond acceptors (Lipinski definition) is 8. The summed E-state index contributed by atoms with van der Waals surface area (Å²) in [7, 11) is -0.0710. The smallest absolute Gasteiger partial charge is 0.335 e. The van der Waals surface area contributed by atoms with Crippen molar-refractivity contribution in [3.05, 3.63) is 89.0 Å². The molecule has 0 bridgehead atoms. The van der Waals surface area contributed by atoms with E-state index in [1.807, 2.05) is 30.3 Å². The molecule has 12 heteroatoms. The molecule has 1 N–H and O–H groups in total. The number of fused-ring (bicyclic) bond motifs is 1. The van der Waals surface area contributed by atoms with E-state index >= 15 is 0 Å². The van der Waals surface area contributed by atoms with Crippen LogP contribution in [0.25, 0.3) is 0 Å². The number of anilines is 1. The van der Waals surface area contributed by atoms with E-state index in [1.54, 1.807) is 24.3 Å². The number of carbonyl (C=O) groups excluding carboxylic acids is 2. The van der Waals surface area contributed by atoms with E-state index in [1.165, 1.54) is 31.7 Å². The number of amides is 2. The highest BCUT2D eigenvalue weighted by Gasteiger charge is 2.43. The number of methoxy groups -OCH3 is 2. The lowest BCUT2D eigenvalue weighted by Crippen LogP contribution is -2.47. The highest BCUT2D eigenvalue weighted by molar-refractivity contribution is 7.83. The average Bonchev–Trinajstić information content (AvgIpc) is 3.31. The molecule has 11 nitrogen and oxygen atoms in total. The van der Waals surface area contributed by atoms with Crippen molar-refractivity contribution in [2.24, 2.45) is 0 Å². The second-order valence-corrected chi connectivity index (χ2v) is 12.9. The highest BCUT2D eigenvalue weighted by atomic mass is 32.2. The summed E-state index contributed by atoms with van der Waals surface area (Å²) in [6.45, 7) is 5.23. The number of piperazine rings is 1. The minimum absolute atomic E-state index is 0.00270. The molecule has 3 aromatic carbocycles. The lowest BCUT2D eigenvalue weighted by molar-refractivity contribution is 0.0570. The lowest BCUT2D eigenvalue weighted by Gasteiger charge is -2.39. The van der Waals surface area contributed by atoms with Crippen LogP contribution in [0.2, 0.25) is 0 Å². The van der Waals surface area contributed by atoms with Gasteiger partial charge in [0.15, 0.2) is 11.5 Å². The van der Waals surface area contributed by atoms with Crippen LogP contribution in [0, 0.1) is 0 Å². The zero-order valence-electron chi connectivity index (χ0n) is 26.0. The van der Waals surface area contributed by atoms with Gasteiger partial charge in [-0.1, -0.05) is 42.5 Å². The molecular weight excluding hydrogens is 596 g/mol. The van der Waals surface area contributed by atoms with Crippen LogP contribution in [0.5, 0.6) is 11.5 Å². The predicted molar refractivity (Wildman–Crippen MR) is 171 cm³/mol. The van der Waals surface area contributed by atoms with E-state index < -0.39 is 28.2 Å². The molecule has 1 unspecified atom stereocenters. The first kappa shape index (κ1) is 32.4. The zero-order chi connectivity index (χ0) is 32.3. The summed E-state index contributed by atoms with van der Waals surface area (Å²) in [6.07, 6.45) is 0.531. The maximum Gasteiger partial charge on any atom is 0.335 e. The first-order valence-electron chi connectivity index (χ1n) is 15.0. The monoisotopic (exact) mass is 636 g/mol. The molecule has 1 saturated heterocycles. The molecule has 2 aliphatic rings. The number of benzene rings is 3. The van der Waals surface area contributed by atoms with Crippen molar-refractivity contribution < 1.29 is 32.0 Å². The third-order valence-electron chi connectivity index (χ3n) is 8.86. The molecule has 240 valence electrons. The SMILES string of the molecule is COc1ccc([C@@H](CCCN(C)S(=O)(=O)O)N2C(=O)c3cccc(N4CCN(C(C)c5ccccc5)CC4)c3C2=O)cc1OC. The van der Waals surface area contributed by atoms with Gasteiger partial charge in [0.25, 0.3) is 11.8 Å². The number of carbonyl (C=O) groups is 2. The molecular formula is C33H40N4O7S. The molecule has 3 aromatic rings. The maximum absolute atomic E-state index is 14.2. The van der Waals surface area contributed by atoms with Gasteiger partial charge in [0.1, 0.15) is 0 Å². The Bertz CT molecular complexity index is 1640. The van der Waals surface area contributed by atoms with Gasteiger partial charge in [0.2, 0.25) is 0 Å². The van der Waals surface area contributed by atoms with Gasteiger partial charge >= 0.3 is 10.3 Å². The summed E-state index contributed by atoms with van der Waals surface area (Å²) in [5.74, 6) is 0.135. The fourth-order valence-corrected chi connectivity index (χ4v) is 6.61. The van der Waals surface area contributed by atoms with Gasteiger partial charge < -0.3 is 14.4 Å². The molecule has 2 aliphatic heterocycles.